The highest BCUT2D eigenvalue weighted by molar-refractivity contribution is 14.0. The summed E-state index contributed by atoms with van der Waals surface area (Å²) in [6, 6.07) is 3.89. The van der Waals surface area contributed by atoms with Gasteiger partial charge in [-0.3, -0.25) is 4.99 Å². The van der Waals surface area contributed by atoms with Crippen molar-refractivity contribution in [2.75, 3.05) is 20.1 Å². The molecule has 1 aromatic carbocycles. The Morgan fingerprint density at radius 2 is 1.79 bits per heavy atom. The largest absolute Gasteiger partial charge is 0.356 e. The quantitative estimate of drug-likeness (QED) is 0.391. The van der Waals surface area contributed by atoms with Crippen LogP contribution in [0.25, 0.3) is 0 Å². The number of nitrogens with zero attached hydrogens (tertiary/aromatic N) is 2. The number of halogens is 3. The van der Waals surface area contributed by atoms with Crippen LogP contribution >= 0.6 is 35.3 Å². The highest BCUT2D eigenvalue weighted by atomic mass is 127. The van der Waals surface area contributed by atoms with Gasteiger partial charge in [0.25, 0.3) is 0 Å². The summed E-state index contributed by atoms with van der Waals surface area (Å²) in [6.07, 6.45) is 1.05. The predicted octanol–water partition coefficient (Wildman–Crippen LogP) is 3.30. The Morgan fingerprint density at radius 3 is 2.33 bits per heavy atom. The van der Waals surface area contributed by atoms with E-state index in [0.717, 1.165) is 17.1 Å². The zero-order chi connectivity index (χ0) is 16.7. The number of benzene rings is 1. The fourth-order valence-electron chi connectivity index (χ4n) is 2.13. The number of rotatable bonds is 6. The molecule has 0 saturated heterocycles. The number of hydrogen-bond donors (Lipinski definition) is 2. The van der Waals surface area contributed by atoms with Crippen molar-refractivity contribution in [2.45, 2.75) is 19.8 Å². The topological polar surface area (TPSA) is 49.3 Å². The highest BCUT2D eigenvalue weighted by Gasteiger charge is 2.08. The van der Waals surface area contributed by atoms with E-state index in [2.05, 4.69) is 20.6 Å². The maximum absolute atomic E-state index is 13.5. The van der Waals surface area contributed by atoms with Gasteiger partial charge in [0, 0.05) is 37.5 Å². The van der Waals surface area contributed by atoms with E-state index >= 15 is 0 Å². The van der Waals surface area contributed by atoms with E-state index < -0.39 is 11.6 Å². The van der Waals surface area contributed by atoms with Crippen LogP contribution in [0.4, 0.5) is 8.78 Å². The van der Waals surface area contributed by atoms with Gasteiger partial charge in [-0.05, 0) is 25.5 Å². The lowest BCUT2D eigenvalue weighted by molar-refractivity contribution is 0.553. The van der Waals surface area contributed by atoms with Crippen LogP contribution in [0.1, 0.15) is 16.3 Å². The SMILES string of the molecule is CN=C(NCCc1csc(C)n1)NCCc1c(F)cccc1F.I. The molecule has 0 radical (unpaired) electrons. The molecule has 8 heteroatoms. The lowest BCUT2D eigenvalue weighted by Crippen LogP contribution is -2.39. The monoisotopic (exact) mass is 466 g/mol. The van der Waals surface area contributed by atoms with Crippen LogP contribution < -0.4 is 10.6 Å². The van der Waals surface area contributed by atoms with Crippen molar-refractivity contribution in [1.29, 1.82) is 0 Å². The van der Waals surface area contributed by atoms with Crippen LogP contribution in [0.15, 0.2) is 28.6 Å². The minimum Gasteiger partial charge on any atom is -0.356 e. The average molecular weight is 466 g/mol. The molecule has 4 nitrogen and oxygen atoms in total. The Hall–Kier alpha value is -1.29. The second-order valence-electron chi connectivity index (χ2n) is 4.98. The van der Waals surface area contributed by atoms with E-state index in [1.54, 1.807) is 18.4 Å². The third kappa shape index (κ3) is 6.31. The summed E-state index contributed by atoms with van der Waals surface area (Å²) < 4.78 is 27.1. The van der Waals surface area contributed by atoms with E-state index in [-0.39, 0.29) is 36.0 Å². The number of thiazole rings is 1. The number of hydrogen-bond acceptors (Lipinski definition) is 3. The van der Waals surface area contributed by atoms with Crippen molar-refractivity contribution in [3.8, 4) is 0 Å². The summed E-state index contributed by atoms with van der Waals surface area (Å²) in [6.45, 7) is 3.06. The first-order valence-corrected chi connectivity index (χ1v) is 8.26. The lowest BCUT2D eigenvalue weighted by Gasteiger charge is -2.12. The summed E-state index contributed by atoms with van der Waals surface area (Å²) in [4.78, 5) is 8.48. The van der Waals surface area contributed by atoms with Crippen LogP contribution in [-0.4, -0.2) is 31.1 Å². The minimum absolute atomic E-state index is 0. The summed E-state index contributed by atoms with van der Waals surface area (Å²) in [5.74, 6) is -0.434. The Labute approximate surface area is 161 Å². The molecule has 0 aliphatic rings. The molecule has 132 valence electrons. The molecule has 2 rings (SSSR count). The summed E-state index contributed by atoms with van der Waals surface area (Å²) in [7, 11) is 1.66. The van der Waals surface area contributed by atoms with Crippen molar-refractivity contribution in [1.82, 2.24) is 15.6 Å². The highest BCUT2D eigenvalue weighted by Crippen LogP contribution is 2.12. The van der Waals surface area contributed by atoms with E-state index in [0.29, 0.717) is 19.0 Å². The van der Waals surface area contributed by atoms with Gasteiger partial charge in [0.05, 0.1) is 10.7 Å². The zero-order valence-electron chi connectivity index (χ0n) is 13.6. The molecule has 2 N–H and O–H groups in total. The zero-order valence-corrected chi connectivity index (χ0v) is 16.8. The van der Waals surface area contributed by atoms with Gasteiger partial charge in [-0.2, -0.15) is 0 Å². The van der Waals surface area contributed by atoms with Crippen molar-refractivity contribution in [2.24, 2.45) is 4.99 Å². The fourth-order valence-corrected chi connectivity index (χ4v) is 2.78. The van der Waals surface area contributed by atoms with Gasteiger partial charge in [-0.25, -0.2) is 13.8 Å². The fraction of sp³-hybridized carbons (Fsp3) is 0.375. The van der Waals surface area contributed by atoms with Gasteiger partial charge >= 0.3 is 0 Å². The second-order valence-corrected chi connectivity index (χ2v) is 6.05. The molecular formula is C16H21F2IN4S. The molecule has 0 fully saturated rings. The van der Waals surface area contributed by atoms with Gasteiger partial charge in [0.2, 0.25) is 0 Å². The smallest absolute Gasteiger partial charge is 0.190 e. The maximum atomic E-state index is 13.5. The first kappa shape index (κ1) is 20.8. The molecule has 0 amide bonds. The molecule has 1 aromatic heterocycles. The number of nitrogens with one attached hydrogen (secondary N) is 2. The van der Waals surface area contributed by atoms with Gasteiger partial charge in [-0.1, -0.05) is 6.07 Å². The van der Waals surface area contributed by atoms with Crippen LogP contribution in [0.2, 0.25) is 0 Å². The van der Waals surface area contributed by atoms with Gasteiger partial charge in [0.15, 0.2) is 5.96 Å². The van der Waals surface area contributed by atoms with Crippen LogP contribution in [-0.2, 0) is 12.8 Å². The molecule has 0 saturated carbocycles. The summed E-state index contributed by atoms with van der Waals surface area (Å²) in [5, 5.41) is 9.30. The molecule has 0 aliphatic carbocycles. The molecule has 0 atom stereocenters. The van der Waals surface area contributed by atoms with Gasteiger partial charge in [0.1, 0.15) is 11.6 Å². The van der Waals surface area contributed by atoms with Crippen molar-refractivity contribution in [3.63, 3.8) is 0 Å². The van der Waals surface area contributed by atoms with E-state index in [9.17, 15) is 8.78 Å². The molecular weight excluding hydrogens is 445 g/mol. The molecule has 24 heavy (non-hydrogen) atoms. The Balaban J connectivity index is 0.00000288. The molecule has 1 heterocycles. The van der Waals surface area contributed by atoms with Crippen molar-refractivity contribution < 1.29 is 8.78 Å². The molecule has 0 bridgehead atoms. The predicted molar refractivity (Wildman–Crippen MR) is 105 cm³/mol. The van der Waals surface area contributed by atoms with Gasteiger partial charge < -0.3 is 10.6 Å². The van der Waals surface area contributed by atoms with Crippen LogP contribution in [0.3, 0.4) is 0 Å². The number of aromatic nitrogens is 1. The lowest BCUT2D eigenvalue weighted by atomic mass is 10.1. The van der Waals surface area contributed by atoms with Crippen molar-refractivity contribution in [3.05, 3.63) is 51.5 Å². The summed E-state index contributed by atoms with van der Waals surface area (Å²) in [5.41, 5.74) is 1.14. The third-order valence-corrected chi connectivity index (χ3v) is 4.12. The van der Waals surface area contributed by atoms with Crippen LogP contribution in [0.5, 0.6) is 0 Å². The summed E-state index contributed by atoms with van der Waals surface area (Å²) >= 11 is 1.63. The first-order chi connectivity index (χ1) is 11.1. The molecule has 2 aromatic rings. The van der Waals surface area contributed by atoms with Gasteiger partial charge in [-0.15, -0.1) is 35.3 Å². The maximum Gasteiger partial charge on any atom is 0.190 e. The normalized spacial score (nSPS) is 11.1. The Morgan fingerprint density at radius 1 is 1.17 bits per heavy atom. The Bertz CT molecular complexity index is 656. The van der Waals surface area contributed by atoms with E-state index in [1.165, 1.54) is 18.2 Å². The molecule has 0 aliphatic heterocycles. The van der Waals surface area contributed by atoms with Crippen LogP contribution in [0, 0.1) is 18.6 Å². The number of aliphatic imine (C=N–C) groups is 1. The number of guanidine groups is 1. The first-order valence-electron chi connectivity index (χ1n) is 7.38. The van der Waals surface area contributed by atoms with E-state index in [4.69, 9.17) is 0 Å². The number of aryl methyl sites for hydroxylation is 1. The molecule has 0 spiro atoms. The van der Waals surface area contributed by atoms with E-state index in [1.807, 2.05) is 12.3 Å². The van der Waals surface area contributed by atoms with Crippen molar-refractivity contribution >= 4 is 41.3 Å². The standard InChI is InChI=1S/C16H20F2N4S.HI/c1-11-22-12(10-23-11)6-8-20-16(19-2)21-9-7-13-14(17)4-3-5-15(13)18;/h3-5,10H,6-9H2,1-2H3,(H2,19,20,21);1H. The minimum atomic E-state index is -0.520. The molecule has 0 unspecified atom stereocenters. The third-order valence-electron chi connectivity index (χ3n) is 3.29. The average Bonchev–Trinajstić information content (AvgIpc) is 2.94. The second kappa shape index (κ2) is 10.5. The Kier molecular flexibility index (Phi) is 9.12.